The standard InChI is InChI=1S/C29H31N5O.C2H6/c1-21(24-14-8-16-30-17-24)33-28-27(19-32-34(28)20-22-9-3-2-4-10-22)29(35)31-18-25-13-7-12-23-11-5-6-15-26(23)25;1-2/h2-7,9-13,15,19,24,30,33H,1,8,14,16-18,20H2,(H,31,35);1-2H3. The zero-order chi connectivity index (χ0) is 26.0. The minimum Gasteiger partial charge on any atom is -0.348 e. The molecule has 1 aliphatic heterocycles. The lowest BCUT2D eigenvalue weighted by atomic mass is 9.96. The number of piperidine rings is 1. The van der Waals surface area contributed by atoms with Crippen molar-refractivity contribution in [2.75, 3.05) is 18.4 Å². The van der Waals surface area contributed by atoms with Crippen LogP contribution in [0, 0.1) is 5.92 Å². The van der Waals surface area contributed by atoms with E-state index in [9.17, 15) is 4.79 Å². The van der Waals surface area contributed by atoms with Crippen LogP contribution in [0.25, 0.3) is 10.8 Å². The Morgan fingerprint density at radius 2 is 1.81 bits per heavy atom. The molecule has 0 aliphatic carbocycles. The molecule has 0 saturated carbocycles. The zero-order valence-electron chi connectivity index (χ0n) is 21.8. The second-order valence-corrected chi connectivity index (χ2v) is 9.06. The highest BCUT2D eigenvalue weighted by molar-refractivity contribution is 5.99. The Bertz CT molecular complexity index is 1320. The lowest BCUT2D eigenvalue weighted by molar-refractivity contribution is 0.0952. The number of benzene rings is 3. The third-order valence-electron chi connectivity index (χ3n) is 6.65. The van der Waals surface area contributed by atoms with Gasteiger partial charge in [0, 0.05) is 24.7 Å². The largest absolute Gasteiger partial charge is 0.348 e. The number of aromatic nitrogens is 2. The summed E-state index contributed by atoms with van der Waals surface area (Å²) in [5.41, 5.74) is 3.63. The van der Waals surface area contributed by atoms with Gasteiger partial charge in [-0.3, -0.25) is 4.79 Å². The van der Waals surface area contributed by atoms with Crippen LogP contribution in [-0.4, -0.2) is 28.8 Å². The van der Waals surface area contributed by atoms with Crippen molar-refractivity contribution >= 4 is 22.5 Å². The fraction of sp³-hybridized carbons (Fsp3) is 0.290. The van der Waals surface area contributed by atoms with Crippen molar-refractivity contribution < 1.29 is 4.79 Å². The first-order valence-corrected chi connectivity index (χ1v) is 13.2. The van der Waals surface area contributed by atoms with Gasteiger partial charge in [-0.05, 0) is 41.3 Å². The summed E-state index contributed by atoms with van der Waals surface area (Å²) in [6.07, 6.45) is 3.84. The summed E-state index contributed by atoms with van der Waals surface area (Å²) in [6.45, 7) is 11.2. The van der Waals surface area contributed by atoms with Crippen LogP contribution in [0.15, 0.2) is 91.3 Å². The Morgan fingerprint density at radius 1 is 1.05 bits per heavy atom. The minimum absolute atomic E-state index is 0.158. The van der Waals surface area contributed by atoms with Crippen molar-refractivity contribution in [1.29, 1.82) is 0 Å². The van der Waals surface area contributed by atoms with Crippen molar-refractivity contribution in [3.8, 4) is 0 Å². The molecule has 0 radical (unpaired) electrons. The van der Waals surface area contributed by atoms with Gasteiger partial charge in [0.2, 0.25) is 0 Å². The Kier molecular flexibility index (Phi) is 9.11. The Hall–Kier alpha value is -3.90. The number of fused-ring (bicyclic) bond motifs is 1. The summed E-state index contributed by atoms with van der Waals surface area (Å²) in [5.74, 6) is 0.838. The number of rotatable bonds is 8. The number of anilines is 1. The summed E-state index contributed by atoms with van der Waals surface area (Å²) in [4.78, 5) is 13.4. The van der Waals surface area contributed by atoms with Crippen LogP contribution in [0.4, 0.5) is 5.82 Å². The van der Waals surface area contributed by atoms with Crippen LogP contribution >= 0.6 is 0 Å². The maximum Gasteiger partial charge on any atom is 0.256 e. The lowest BCUT2D eigenvalue weighted by Crippen LogP contribution is -2.32. The van der Waals surface area contributed by atoms with E-state index in [1.54, 1.807) is 6.20 Å². The van der Waals surface area contributed by atoms with Gasteiger partial charge in [-0.1, -0.05) is 93.2 Å². The number of nitrogens with zero attached hydrogens (tertiary/aromatic N) is 2. The first kappa shape index (κ1) is 26.2. The molecular weight excluding hydrogens is 458 g/mol. The Labute approximate surface area is 219 Å². The Balaban J connectivity index is 0.00000156. The topological polar surface area (TPSA) is 71.0 Å². The molecule has 1 aromatic heterocycles. The van der Waals surface area contributed by atoms with Gasteiger partial charge in [0.05, 0.1) is 12.7 Å². The van der Waals surface area contributed by atoms with E-state index in [1.165, 1.54) is 0 Å². The van der Waals surface area contributed by atoms with Gasteiger partial charge in [-0.15, -0.1) is 0 Å². The highest BCUT2D eigenvalue weighted by Crippen LogP contribution is 2.25. The average molecular weight is 496 g/mol. The van der Waals surface area contributed by atoms with Crippen LogP contribution in [-0.2, 0) is 13.1 Å². The number of hydrogen-bond donors (Lipinski definition) is 3. The quantitative estimate of drug-likeness (QED) is 0.282. The van der Waals surface area contributed by atoms with E-state index in [0.717, 1.165) is 53.5 Å². The van der Waals surface area contributed by atoms with E-state index in [2.05, 4.69) is 64.0 Å². The molecule has 1 atom stereocenters. The van der Waals surface area contributed by atoms with Crippen molar-refractivity contribution in [3.05, 3.63) is 108 Å². The highest BCUT2D eigenvalue weighted by atomic mass is 16.1. The van der Waals surface area contributed by atoms with E-state index in [0.29, 0.717) is 30.4 Å². The summed E-state index contributed by atoms with van der Waals surface area (Å²) in [7, 11) is 0. The third-order valence-corrected chi connectivity index (χ3v) is 6.65. The van der Waals surface area contributed by atoms with Gasteiger partial charge >= 0.3 is 0 Å². The number of nitrogens with one attached hydrogen (secondary N) is 3. The molecular formula is C31H37N5O. The van der Waals surface area contributed by atoms with Gasteiger partial charge in [0.15, 0.2) is 0 Å². The predicted octanol–water partition coefficient (Wildman–Crippen LogP) is 5.97. The first-order valence-electron chi connectivity index (χ1n) is 13.2. The summed E-state index contributed by atoms with van der Waals surface area (Å²) < 4.78 is 1.85. The smallest absolute Gasteiger partial charge is 0.256 e. The molecule has 3 aromatic carbocycles. The number of hydrogen-bond acceptors (Lipinski definition) is 4. The molecule has 0 bridgehead atoms. The molecule has 1 amide bonds. The van der Waals surface area contributed by atoms with E-state index in [4.69, 9.17) is 0 Å². The van der Waals surface area contributed by atoms with Crippen LogP contribution in [0.1, 0.15) is 48.2 Å². The van der Waals surface area contributed by atoms with Gasteiger partial charge in [0.1, 0.15) is 11.4 Å². The SMILES string of the molecule is C=C(Nc1c(C(=O)NCc2cccc3ccccc23)cnn1Cc1ccccc1)C1CCCNC1.CC. The molecule has 1 unspecified atom stereocenters. The molecule has 1 fully saturated rings. The van der Waals surface area contributed by atoms with Crippen molar-refractivity contribution in [2.45, 2.75) is 39.8 Å². The van der Waals surface area contributed by atoms with Crippen LogP contribution < -0.4 is 16.0 Å². The second kappa shape index (κ2) is 12.9. The zero-order valence-corrected chi connectivity index (χ0v) is 21.8. The molecule has 6 heteroatoms. The molecule has 3 N–H and O–H groups in total. The van der Waals surface area contributed by atoms with E-state index >= 15 is 0 Å². The summed E-state index contributed by atoms with van der Waals surface area (Å²) in [6, 6.07) is 24.5. The normalized spacial score (nSPS) is 14.9. The molecule has 6 nitrogen and oxygen atoms in total. The van der Waals surface area contributed by atoms with Gasteiger partial charge in [-0.2, -0.15) is 5.10 Å². The molecule has 1 aliphatic rings. The minimum atomic E-state index is -0.158. The number of carbonyl (C=O) groups excluding carboxylic acids is 1. The average Bonchev–Trinajstić information content (AvgIpc) is 3.35. The van der Waals surface area contributed by atoms with E-state index in [1.807, 2.05) is 54.9 Å². The fourth-order valence-corrected chi connectivity index (χ4v) is 4.68. The number of carbonyl (C=O) groups is 1. The maximum atomic E-state index is 13.4. The van der Waals surface area contributed by atoms with Gasteiger partial charge in [-0.25, -0.2) is 4.68 Å². The van der Waals surface area contributed by atoms with Gasteiger partial charge in [0.25, 0.3) is 5.91 Å². The van der Waals surface area contributed by atoms with Crippen molar-refractivity contribution in [2.24, 2.45) is 5.92 Å². The molecule has 4 aromatic rings. The van der Waals surface area contributed by atoms with Crippen LogP contribution in [0.5, 0.6) is 0 Å². The monoisotopic (exact) mass is 495 g/mol. The van der Waals surface area contributed by atoms with Gasteiger partial charge < -0.3 is 16.0 Å². The Morgan fingerprint density at radius 3 is 2.59 bits per heavy atom. The van der Waals surface area contributed by atoms with Crippen LogP contribution in [0.2, 0.25) is 0 Å². The summed E-state index contributed by atoms with van der Waals surface area (Å²) in [5, 5.41) is 16.9. The fourth-order valence-electron chi connectivity index (χ4n) is 4.68. The van der Waals surface area contributed by atoms with Crippen molar-refractivity contribution in [3.63, 3.8) is 0 Å². The third kappa shape index (κ3) is 6.46. The maximum absolute atomic E-state index is 13.4. The highest BCUT2D eigenvalue weighted by Gasteiger charge is 2.22. The molecule has 5 rings (SSSR count). The molecule has 192 valence electrons. The molecule has 2 heterocycles. The van der Waals surface area contributed by atoms with Crippen LogP contribution in [0.3, 0.4) is 0 Å². The first-order chi connectivity index (χ1) is 18.2. The van der Waals surface area contributed by atoms with Crippen molar-refractivity contribution in [1.82, 2.24) is 20.4 Å². The number of amides is 1. The molecule has 37 heavy (non-hydrogen) atoms. The van der Waals surface area contributed by atoms with E-state index < -0.39 is 0 Å². The molecule has 0 spiro atoms. The van der Waals surface area contributed by atoms with E-state index in [-0.39, 0.29) is 5.91 Å². The summed E-state index contributed by atoms with van der Waals surface area (Å²) >= 11 is 0. The predicted molar refractivity (Wildman–Crippen MR) is 153 cm³/mol. The lowest BCUT2D eigenvalue weighted by Gasteiger charge is -2.26. The second-order valence-electron chi connectivity index (χ2n) is 9.06. The molecule has 1 saturated heterocycles.